The number of phenols is 1. The van der Waals surface area contributed by atoms with Crippen LogP contribution in [0, 0.1) is 0 Å². The third kappa shape index (κ3) is 3.32. The van der Waals surface area contributed by atoms with E-state index in [0.29, 0.717) is 16.3 Å². The number of thiophene rings is 1. The first-order chi connectivity index (χ1) is 11.2. The smallest absolute Gasteiger partial charge is 0.265 e. The van der Waals surface area contributed by atoms with Gasteiger partial charge in [-0.05, 0) is 48.0 Å². The van der Waals surface area contributed by atoms with Gasteiger partial charge in [-0.3, -0.25) is 9.78 Å². The fraction of sp³-hybridized carbons (Fsp3) is 0.0588. The molecule has 0 aliphatic heterocycles. The molecule has 1 amide bonds. The van der Waals surface area contributed by atoms with Gasteiger partial charge < -0.3 is 15.2 Å². The molecule has 2 heterocycles. The van der Waals surface area contributed by atoms with Crippen LogP contribution in [0.1, 0.15) is 9.67 Å². The highest BCUT2D eigenvalue weighted by Gasteiger charge is 2.12. The quantitative estimate of drug-likeness (QED) is 0.765. The Morgan fingerprint density at radius 3 is 2.87 bits per heavy atom. The largest absolute Gasteiger partial charge is 0.504 e. The Bertz CT molecular complexity index is 831. The van der Waals surface area contributed by atoms with E-state index in [2.05, 4.69) is 10.3 Å². The molecule has 1 aromatic carbocycles. The molecule has 116 valence electrons. The summed E-state index contributed by atoms with van der Waals surface area (Å²) in [6, 6.07) is 12.3. The summed E-state index contributed by atoms with van der Waals surface area (Å²) in [6.45, 7) is 0. The van der Waals surface area contributed by atoms with Crippen molar-refractivity contribution in [2.75, 3.05) is 12.4 Å². The average Bonchev–Trinajstić information content (AvgIpc) is 3.06. The zero-order valence-electron chi connectivity index (χ0n) is 12.3. The van der Waals surface area contributed by atoms with Gasteiger partial charge in [-0.2, -0.15) is 0 Å². The van der Waals surface area contributed by atoms with Crippen LogP contribution in [-0.4, -0.2) is 23.1 Å². The molecule has 2 aromatic heterocycles. The van der Waals surface area contributed by atoms with Crippen molar-refractivity contribution in [2.24, 2.45) is 0 Å². The number of pyridine rings is 1. The fourth-order valence-corrected chi connectivity index (χ4v) is 2.97. The van der Waals surface area contributed by atoms with E-state index < -0.39 is 0 Å². The van der Waals surface area contributed by atoms with Crippen molar-refractivity contribution in [1.29, 1.82) is 0 Å². The maximum absolute atomic E-state index is 12.2. The molecule has 0 unspecified atom stereocenters. The predicted molar refractivity (Wildman–Crippen MR) is 90.2 cm³/mol. The molecule has 0 atom stereocenters. The molecule has 0 bridgehead atoms. The van der Waals surface area contributed by atoms with E-state index in [4.69, 9.17) is 4.74 Å². The van der Waals surface area contributed by atoms with E-state index in [1.165, 1.54) is 18.4 Å². The Morgan fingerprint density at radius 1 is 1.26 bits per heavy atom. The lowest BCUT2D eigenvalue weighted by atomic mass is 10.1. The normalized spacial score (nSPS) is 10.3. The molecule has 0 fully saturated rings. The standard InChI is InChI=1S/C17H14N2O3S/c1-22-14-9-11(4-5-13(14)20)15-6-7-16(23-15)17(21)19-12-3-2-8-18-10-12/h2-10,20H,1H3,(H,19,21). The molecule has 23 heavy (non-hydrogen) atoms. The maximum Gasteiger partial charge on any atom is 0.265 e. The Morgan fingerprint density at radius 2 is 2.13 bits per heavy atom. The second kappa shape index (κ2) is 6.50. The first kappa shape index (κ1) is 15.1. The number of anilines is 1. The Hall–Kier alpha value is -2.86. The molecule has 0 aliphatic carbocycles. The number of ether oxygens (including phenoxy) is 1. The number of hydrogen-bond donors (Lipinski definition) is 2. The first-order valence-corrected chi connectivity index (χ1v) is 7.67. The minimum atomic E-state index is -0.181. The van der Waals surface area contributed by atoms with Crippen molar-refractivity contribution in [2.45, 2.75) is 0 Å². The number of carbonyl (C=O) groups is 1. The maximum atomic E-state index is 12.2. The summed E-state index contributed by atoms with van der Waals surface area (Å²) in [5.41, 5.74) is 1.53. The highest BCUT2D eigenvalue weighted by molar-refractivity contribution is 7.17. The van der Waals surface area contributed by atoms with Gasteiger partial charge in [0, 0.05) is 11.1 Å². The number of amides is 1. The van der Waals surface area contributed by atoms with E-state index in [1.807, 2.05) is 6.07 Å². The number of methoxy groups -OCH3 is 1. The number of carbonyl (C=O) groups excluding carboxylic acids is 1. The summed E-state index contributed by atoms with van der Waals surface area (Å²) in [5.74, 6) is 0.305. The minimum absolute atomic E-state index is 0.0855. The van der Waals surface area contributed by atoms with Crippen LogP contribution in [0.3, 0.4) is 0 Å². The van der Waals surface area contributed by atoms with Gasteiger partial charge in [0.15, 0.2) is 11.5 Å². The van der Waals surface area contributed by atoms with Crippen molar-refractivity contribution in [3.05, 3.63) is 59.7 Å². The summed E-state index contributed by atoms with van der Waals surface area (Å²) < 4.78 is 5.11. The molecule has 0 aliphatic rings. The first-order valence-electron chi connectivity index (χ1n) is 6.86. The van der Waals surface area contributed by atoms with Crippen LogP contribution in [0.4, 0.5) is 5.69 Å². The van der Waals surface area contributed by atoms with Crippen LogP contribution in [-0.2, 0) is 0 Å². The van der Waals surface area contributed by atoms with Crippen molar-refractivity contribution < 1.29 is 14.6 Å². The topological polar surface area (TPSA) is 71.5 Å². The van der Waals surface area contributed by atoms with Crippen LogP contribution in [0.5, 0.6) is 11.5 Å². The summed E-state index contributed by atoms with van der Waals surface area (Å²) in [4.78, 5) is 17.7. The van der Waals surface area contributed by atoms with E-state index in [9.17, 15) is 9.90 Å². The van der Waals surface area contributed by atoms with Gasteiger partial charge in [0.05, 0.1) is 23.9 Å². The van der Waals surface area contributed by atoms with Crippen LogP contribution >= 0.6 is 11.3 Å². The molecular formula is C17H14N2O3S. The highest BCUT2D eigenvalue weighted by atomic mass is 32.1. The number of nitrogens with one attached hydrogen (secondary N) is 1. The fourth-order valence-electron chi connectivity index (χ4n) is 2.08. The molecule has 0 saturated heterocycles. The van der Waals surface area contributed by atoms with Gasteiger partial charge in [0.2, 0.25) is 0 Å². The zero-order valence-corrected chi connectivity index (χ0v) is 13.1. The second-order valence-electron chi connectivity index (χ2n) is 4.75. The predicted octanol–water partition coefficient (Wildman–Crippen LogP) is 3.78. The van der Waals surface area contributed by atoms with Crippen molar-refractivity contribution in [1.82, 2.24) is 4.98 Å². The number of nitrogens with zero attached hydrogens (tertiary/aromatic N) is 1. The number of benzene rings is 1. The number of phenolic OH excluding ortho intramolecular Hbond substituents is 1. The number of aromatic nitrogens is 1. The van der Waals surface area contributed by atoms with Gasteiger partial charge in [-0.25, -0.2) is 0 Å². The summed E-state index contributed by atoms with van der Waals surface area (Å²) >= 11 is 1.37. The molecule has 2 N–H and O–H groups in total. The van der Waals surface area contributed by atoms with Gasteiger partial charge >= 0.3 is 0 Å². The monoisotopic (exact) mass is 326 g/mol. The molecule has 0 saturated carbocycles. The van der Waals surface area contributed by atoms with E-state index >= 15 is 0 Å². The van der Waals surface area contributed by atoms with Crippen LogP contribution in [0.25, 0.3) is 10.4 Å². The lowest BCUT2D eigenvalue weighted by Gasteiger charge is -2.05. The molecule has 0 spiro atoms. The second-order valence-corrected chi connectivity index (χ2v) is 5.83. The summed E-state index contributed by atoms with van der Waals surface area (Å²) in [7, 11) is 1.50. The summed E-state index contributed by atoms with van der Waals surface area (Å²) in [5, 5.41) is 12.4. The lowest BCUT2D eigenvalue weighted by Crippen LogP contribution is -2.09. The number of aromatic hydroxyl groups is 1. The number of hydrogen-bond acceptors (Lipinski definition) is 5. The minimum Gasteiger partial charge on any atom is -0.504 e. The molecular weight excluding hydrogens is 312 g/mol. The molecule has 6 heteroatoms. The van der Waals surface area contributed by atoms with Gasteiger partial charge in [0.1, 0.15) is 0 Å². The zero-order chi connectivity index (χ0) is 16.2. The average molecular weight is 326 g/mol. The van der Waals surface area contributed by atoms with E-state index in [-0.39, 0.29) is 11.7 Å². The van der Waals surface area contributed by atoms with Gasteiger partial charge in [-0.15, -0.1) is 11.3 Å². The van der Waals surface area contributed by atoms with Gasteiger partial charge in [-0.1, -0.05) is 0 Å². The molecule has 3 aromatic rings. The SMILES string of the molecule is COc1cc(-c2ccc(C(=O)Nc3cccnc3)s2)ccc1O. The third-order valence-electron chi connectivity index (χ3n) is 3.21. The molecule has 5 nitrogen and oxygen atoms in total. The van der Waals surface area contributed by atoms with E-state index in [1.54, 1.807) is 48.8 Å². The molecule has 0 radical (unpaired) electrons. The van der Waals surface area contributed by atoms with Crippen LogP contribution < -0.4 is 10.1 Å². The van der Waals surface area contributed by atoms with Crippen LogP contribution in [0.2, 0.25) is 0 Å². The highest BCUT2D eigenvalue weighted by Crippen LogP contribution is 2.34. The number of rotatable bonds is 4. The van der Waals surface area contributed by atoms with Crippen LogP contribution in [0.15, 0.2) is 54.9 Å². The summed E-state index contributed by atoms with van der Waals surface area (Å²) in [6.07, 6.45) is 3.24. The Labute approximate surface area is 137 Å². The lowest BCUT2D eigenvalue weighted by molar-refractivity contribution is 0.103. The third-order valence-corrected chi connectivity index (χ3v) is 4.35. The Kier molecular flexibility index (Phi) is 4.25. The van der Waals surface area contributed by atoms with Crippen molar-refractivity contribution in [3.63, 3.8) is 0 Å². The molecule has 3 rings (SSSR count). The van der Waals surface area contributed by atoms with Gasteiger partial charge in [0.25, 0.3) is 5.91 Å². The van der Waals surface area contributed by atoms with E-state index in [0.717, 1.165) is 10.4 Å². The van der Waals surface area contributed by atoms with Crippen molar-refractivity contribution in [3.8, 4) is 21.9 Å². The Balaban J connectivity index is 1.81. The van der Waals surface area contributed by atoms with Crippen molar-refractivity contribution >= 4 is 22.9 Å².